The number of non-ortho nitro benzene ring substituents is 1. The lowest BCUT2D eigenvalue weighted by Gasteiger charge is -2.31. The van der Waals surface area contributed by atoms with Gasteiger partial charge in [-0.1, -0.05) is 44.2 Å². The van der Waals surface area contributed by atoms with Gasteiger partial charge in [-0.2, -0.15) is 4.31 Å². The lowest BCUT2D eigenvalue weighted by molar-refractivity contribution is -0.384. The molecule has 0 radical (unpaired) electrons. The Balaban J connectivity index is 1.72. The SMILES string of the molecule is CC(C)CN(C[C@@H](O)[C@H](Cc1ccccc1)NC(=O)O[C@H]1CCO[C@@H]1COCC(=O)OC(C)(C)C)S(=O)(=O)c1ccc([N+](=O)[O-])cc1. The number of amides is 1. The maximum Gasteiger partial charge on any atom is 0.407 e. The summed E-state index contributed by atoms with van der Waals surface area (Å²) in [7, 11) is -4.18. The molecule has 4 atom stereocenters. The summed E-state index contributed by atoms with van der Waals surface area (Å²) < 4.78 is 50.3. The van der Waals surface area contributed by atoms with Gasteiger partial charge in [0, 0.05) is 31.6 Å². The minimum Gasteiger partial charge on any atom is -0.458 e. The fraction of sp³-hybridized carbons (Fsp3) is 0.562. The normalized spacial score (nSPS) is 18.1. The van der Waals surface area contributed by atoms with E-state index in [-0.39, 0.29) is 49.2 Å². The smallest absolute Gasteiger partial charge is 0.407 e. The van der Waals surface area contributed by atoms with Crippen LogP contribution in [0, 0.1) is 16.0 Å². The average molecular weight is 680 g/mol. The van der Waals surface area contributed by atoms with Crippen LogP contribution in [0.2, 0.25) is 0 Å². The number of alkyl carbamates (subject to hydrolysis) is 1. The van der Waals surface area contributed by atoms with Crippen LogP contribution in [0.3, 0.4) is 0 Å². The highest BCUT2D eigenvalue weighted by Crippen LogP contribution is 2.23. The Hall–Kier alpha value is -3.63. The van der Waals surface area contributed by atoms with E-state index in [1.807, 2.05) is 32.0 Å². The van der Waals surface area contributed by atoms with Crippen molar-refractivity contribution in [1.82, 2.24) is 9.62 Å². The molecule has 14 nitrogen and oxygen atoms in total. The van der Waals surface area contributed by atoms with Gasteiger partial charge in [0.15, 0.2) is 0 Å². The van der Waals surface area contributed by atoms with Crippen molar-refractivity contribution < 1.29 is 47.0 Å². The zero-order chi connectivity index (χ0) is 34.8. The third kappa shape index (κ3) is 12.2. The van der Waals surface area contributed by atoms with E-state index < -0.39 is 57.0 Å². The number of hydrogen-bond acceptors (Lipinski definition) is 11. The van der Waals surface area contributed by atoms with Gasteiger partial charge in [0.25, 0.3) is 5.69 Å². The number of benzene rings is 2. The van der Waals surface area contributed by atoms with Crippen LogP contribution in [-0.2, 0) is 40.2 Å². The maximum atomic E-state index is 13.6. The first-order valence-electron chi connectivity index (χ1n) is 15.4. The monoisotopic (exact) mass is 679 g/mol. The molecule has 1 heterocycles. The van der Waals surface area contributed by atoms with E-state index >= 15 is 0 Å². The summed E-state index contributed by atoms with van der Waals surface area (Å²) >= 11 is 0. The Bertz CT molecular complexity index is 1430. The molecule has 3 rings (SSSR count). The summed E-state index contributed by atoms with van der Waals surface area (Å²) in [6.45, 7) is 8.54. The van der Waals surface area contributed by atoms with Crippen LogP contribution in [-0.4, -0.2) is 97.7 Å². The molecule has 0 spiro atoms. The maximum absolute atomic E-state index is 13.6. The van der Waals surface area contributed by atoms with E-state index in [2.05, 4.69) is 5.32 Å². The fourth-order valence-corrected chi connectivity index (χ4v) is 6.55. The second kappa shape index (κ2) is 17.0. The van der Waals surface area contributed by atoms with Crippen molar-refractivity contribution in [3.05, 3.63) is 70.3 Å². The van der Waals surface area contributed by atoms with Crippen molar-refractivity contribution in [3.63, 3.8) is 0 Å². The standard InChI is InChI=1S/C32H45N3O11S/c1-22(2)18-34(47(41,42)25-13-11-24(12-14-25)35(39)40)19-27(36)26(17-23-9-7-6-8-10-23)33-31(38)45-28-15-16-44-29(28)20-43-21-30(37)46-32(3,4)5/h6-14,22,26-29,36H,15-21H2,1-5H3,(H,33,38)/t26-,27+,28-,29+/m0/s1. The highest BCUT2D eigenvalue weighted by molar-refractivity contribution is 7.89. The van der Waals surface area contributed by atoms with E-state index in [1.165, 1.54) is 0 Å². The van der Waals surface area contributed by atoms with Crippen LogP contribution in [0.4, 0.5) is 10.5 Å². The van der Waals surface area contributed by atoms with Crippen molar-refractivity contribution in [2.45, 2.75) is 82.3 Å². The van der Waals surface area contributed by atoms with Crippen molar-refractivity contribution in [2.24, 2.45) is 5.92 Å². The van der Waals surface area contributed by atoms with Crippen LogP contribution >= 0.6 is 0 Å². The lowest BCUT2D eigenvalue weighted by Crippen LogP contribution is -2.51. The second-order valence-corrected chi connectivity index (χ2v) is 14.7. The molecule has 0 aliphatic carbocycles. The molecule has 1 aliphatic heterocycles. The van der Waals surface area contributed by atoms with Crippen molar-refractivity contribution in [2.75, 3.05) is 32.9 Å². The van der Waals surface area contributed by atoms with Crippen LogP contribution in [0.25, 0.3) is 0 Å². The first kappa shape index (κ1) is 37.8. The number of rotatable bonds is 16. The van der Waals surface area contributed by atoms with Gasteiger partial charge in [-0.25, -0.2) is 18.0 Å². The number of nitro benzene ring substituents is 1. The van der Waals surface area contributed by atoms with Crippen molar-refractivity contribution >= 4 is 27.8 Å². The number of aliphatic hydroxyl groups excluding tert-OH is 1. The molecular weight excluding hydrogens is 634 g/mol. The molecule has 2 N–H and O–H groups in total. The molecule has 0 unspecified atom stereocenters. The third-order valence-corrected chi connectivity index (χ3v) is 8.89. The number of esters is 1. The molecule has 260 valence electrons. The van der Waals surface area contributed by atoms with Crippen LogP contribution in [0.15, 0.2) is 59.5 Å². The number of nitrogens with zero attached hydrogens (tertiary/aromatic N) is 2. The van der Waals surface area contributed by atoms with Crippen LogP contribution in [0.5, 0.6) is 0 Å². The number of ether oxygens (including phenoxy) is 4. The Morgan fingerprint density at radius 3 is 2.36 bits per heavy atom. The predicted molar refractivity (Wildman–Crippen MR) is 171 cm³/mol. The molecule has 15 heteroatoms. The van der Waals surface area contributed by atoms with Gasteiger partial charge < -0.3 is 29.4 Å². The van der Waals surface area contributed by atoms with Gasteiger partial charge in [0.05, 0.1) is 35.2 Å². The molecule has 1 amide bonds. The van der Waals surface area contributed by atoms with Gasteiger partial charge in [-0.3, -0.25) is 10.1 Å². The van der Waals surface area contributed by atoms with Gasteiger partial charge in [-0.15, -0.1) is 0 Å². The van der Waals surface area contributed by atoms with E-state index in [4.69, 9.17) is 18.9 Å². The molecule has 1 aliphatic rings. The minimum atomic E-state index is -4.18. The fourth-order valence-electron chi connectivity index (χ4n) is 4.93. The summed E-state index contributed by atoms with van der Waals surface area (Å²) in [6.07, 6.45) is -2.99. The van der Waals surface area contributed by atoms with Gasteiger partial charge in [0.1, 0.15) is 24.4 Å². The molecule has 1 fully saturated rings. The average Bonchev–Trinajstić information content (AvgIpc) is 3.42. The van der Waals surface area contributed by atoms with E-state index in [9.17, 15) is 33.2 Å². The third-order valence-electron chi connectivity index (χ3n) is 7.04. The molecule has 0 aromatic heterocycles. The minimum absolute atomic E-state index is 0.0159. The summed E-state index contributed by atoms with van der Waals surface area (Å²) in [5.41, 5.74) is -0.132. The summed E-state index contributed by atoms with van der Waals surface area (Å²) in [5, 5.41) is 25.2. The number of nitro groups is 1. The van der Waals surface area contributed by atoms with E-state index in [0.717, 1.165) is 34.1 Å². The summed E-state index contributed by atoms with van der Waals surface area (Å²) in [6, 6.07) is 12.6. The highest BCUT2D eigenvalue weighted by Gasteiger charge is 2.35. The highest BCUT2D eigenvalue weighted by atomic mass is 32.2. The number of carbonyl (C=O) groups is 2. The first-order valence-corrected chi connectivity index (χ1v) is 16.8. The molecule has 0 bridgehead atoms. The molecule has 0 saturated carbocycles. The van der Waals surface area contributed by atoms with Gasteiger partial charge >= 0.3 is 12.1 Å². The Morgan fingerprint density at radius 1 is 1.11 bits per heavy atom. The molecule has 2 aromatic carbocycles. The predicted octanol–water partition coefficient (Wildman–Crippen LogP) is 3.46. The van der Waals surface area contributed by atoms with Crippen LogP contribution in [0.1, 0.15) is 46.6 Å². The van der Waals surface area contributed by atoms with E-state index in [1.54, 1.807) is 32.9 Å². The zero-order valence-electron chi connectivity index (χ0n) is 27.4. The Kier molecular flexibility index (Phi) is 13.7. The zero-order valence-corrected chi connectivity index (χ0v) is 28.2. The number of aliphatic hydroxyl groups is 1. The van der Waals surface area contributed by atoms with Gasteiger partial charge in [0.2, 0.25) is 10.0 Å². The van der Waals surface area contributed by atoms with Gasteiger partial charge in [-0.05, 0) is 50.8 Å². The number of carbonyl (C=O) groups excluding carboxylic acids is 2. The molecule has 2 aromatic rings. The first-order chi connectivity index (χ1) is 22.0. The topological polar surface area (TPSA) is 184 Å². The Labute approximate surface area is 275 Å². The number of sulfonamides is 1. The molecule has 47 heavy (non-hydrogen) atoms. The molecular formula is C32H45N3O11S. The Morgan fingerprint density at radius 2 is 1.77 bits per heavy atom. The molecule has 1 saturated heterocycles. The van der Waals surface area contributed by atoms with E-state index in [0.29, 0.717) is 13.0 Å². The van der Waals surface area contributed by atoms with Crippen LogP contribution < -0.4 is 5.32 Å². The number of hydrogen-bond donors (Lipinski definition) is 2. The lowest BCUT2D eigenvalue weighted by atomic mass is 10.0. The quantitative estimate of drug-likeness (QED) is 0.151. The summed E-state index contributed by atoms with van der Waals surface area (Å²) in [4.78, 5) is 35.4. The van der Waals surface area contributed by atoms with Crippen molar-refractivity contribution in [3.8, 4) is 0 Å². The summed E-state index contributed by atoms with van der Waals surface area (Å²) in [5.74, 6) is -0.664. The largest absolute Gasteiger partial charge is 0.458 e. The second-order valence-electron chi connectivity index (χ2n) is 12.7. The number of nitrogens with one attached hydrogen (secondary N) is 1. The van der Waals surface area contributed by atoms with Crippen molar-refractivity contribution in [1.29, 1.82) is 0 Å².